The third kappa shape index (κ3) is 3.65. The molecule has 0 aliphatic heterocycles. The van der Waals surface area contributed by atoms with E-state index in [1.807, 2.05) is 19.1 Å². The minimum atomic E-state index is -0.691. The molecule has 0 bridgehead atoms. The quantitative estimate of drug-likeness (QED) is 0.903. The summed E-state index contributed by atoms with van der Waals surface area (Å²) >= 11 is 0. The van der Waals surface area contributed by atoms with E-state index in [9.17, 15) is 4.79 Å². The standard InChI is InChI=1S/C20H25N3O/c1-15(23-19(24)20(21)11-3-2-4-12-20)16-5-7-17(8-6-16)18-9-13-22-14-10-18/h5-10,13-15H,2-4,11-12,21H2,1H3,(H,23,24). The first kappa shape index (κ1) is 16.7. The lowest BCUT2D eigenvalue weighted by Gasteiger charge is -2.33. The Kier molecular flexibility index (Phi) is 4.95. The second-order valence-electron chi connectivity index (χ2n) is 6.77. The summed E-state index contributed by atoms with van der Waals surface area (Å²) in [5.41, 5.74) is 8.98. The van der Waals surface area contributed by atoms with Gasteiger partial charge < -0.3 is 11.1 Å². The predicted octanol–water partition coefficient (Wildman–Crippen LogP) is 3.59. The highest BCUT2D eigenvalue weighted by atomic mass is 16.2. The smallest absolute Gasteiger partial charge is 0.240 e. The van der Waals surface area contributed by atoms with E-state index < -0.39 is 5.54 Å². The Labute approximate surface area is 143 Å². The molecule has 0 spiro atoms. The maximum Gasteiger partial charge on any atom is 0.240 e. The summed E-state index contributed by atoms with van der Waals surface area (Å²) in [5.74, 6) is -0.0205. The molecule has 0 radical (unpaired) electrons. The first-order valence-corrected chi connectivity index (χ1v) is 8.69. The maximum atomic E-state index is 12.5. The molecule has 126 valence electrons. The Bertz CT molecular complexity index is 676. The topological polar surface area (TPSA) is 68.0 Å². The minimum Gasteiger partial charge on any atom is -0.348 e. The first-order chi connectivity index (χ1) is 11.6. The Hall–Kier alpha value is -2.20. The summed E-state index contributed by atoms with van der Waals surface area (Å²) in [6.45, 7) is 2.01. The van der Waals surface area contributed by atoms with E-state index in [-0.39, 0.29) is 11.9 Å². The first-order valence-electron chi connectivity index (χ1n) is 8.69. The van der Waals surface area contributed by atoms with Crippen molar-refractivity contribution in [1.82, 2.24) is 10.3 Å². The number of benzene rings is 1. The number of nitrogens with one attached hydrogen (secondary N) is 1. The fourth-order valence-electron chi connectivity index (χ4n) is 3.34. The maximum absolute atomic E-state index is 12.5. The molecule has 1 aliphatic carbocycles. The van der Waals surface area contributed by atoms with Crippen LogP contribution in [0.2, 0.25) is 0 Å². The van der Waals surface area contributed by atoms with E-state index >= 15 is 0 Å². The molecule has 1 atom stereocenters. The highest BCUT2D eigenvalue weighted by Crippen LogP contribution is 2.27. The number of hydrogen-bond acceptors (Lipinski definition) is 3. The molecule has 3 N–H and O–H groups in total. The summed E-state index contributed by atoms with van der Waals surface area (Å²) in [4.78, 5) is 16.6. The molecular formula is C20H25N3O. The average Bonchev–Trinajstić information content (AvgIpc) is 2.63. The second kappa shape index (κ2) is 7.14. The van der Waals surface area contributed by atoms with Crippen LogP contribution in [0.25, 0.3) is 11.1 Å². The van der Waals surface area contributed by atoms with Gasteiger partial charge in [-0.05, 0) is 48.6 Å². The van der Waals surface area contributed by atoms with E-state index in [4.69, 9.17) is 5.73 Å². The number of amides is 1. The summed E-state index contributed by atoms with van der Waals surface area (Å²) in [7, 11) is 0. The number of rotatable bonds is 4. The van der Waals surface area contributed by atoms with Crippen molar-refractivity contribution in [2.45, 2.75) is 50.6 Å². The molecule has 3 rings (SSSR count). The highest BCUT2D eigenvalue weighted by Gasteiger charge is 2.35. The Morgan fingerprint density at radius 1 is 1.04 bits per heavy atom. The van der Waals surface area contributed by atoms with Crippen LogP contribution in [0.1, 0.15) is 50.6 Å². The highest BCUT2D eigenvalue weighted by molar-refractivity contribution is 5.86. The van der Waals surface area contributed by atoms with Crippen molar-refractivity contribution in [2.24, 2.45) is 5.73 Å². The third-order valence-electron chi connectivity index (χ3n) is 4.97. The molecule has 4 nitrogen and oxygen atoms in total. The van der Waals surface area contributed by atoms with Gasteiger partial charge in [0.1, 0.15) is 0 Å². The number of pyridine rings is 1. The van der Waals surface area contributed by atoms with Crippen LogP contribution in [0, 0.1) is 0 Å². The van der Waals surface area contributed by atoms with Crippen LogP contribution in [-0.2, 0) is 4.79 Å². The van der Waals surface area contributed by atoms with E-state index in [0.717, 1.165) is 42.4 Å². The van der Waals surface area contributed by atoms with Gasteiger partial charge in [-0.25, -0.2) is 0 Å². The SMILES string of the molecule is CC(NC(=O)C1(N)CCCCC1)c1ccc(-c2ccncc2)cc1. The molecule has 1 unspecified atom stereocenters. The lowest BCUT2D eigenvalue weighted by molar-refractivity contribution is -0.128. The van der Waals surface area contributed by atoms with Crippen LogP contribution in [0.5, 0.6) is 0 Å². The van der Waals surface area contributed by atoms with Crippen LogP contribution in [0.4, 0.5) is 0 Å². The van der Waals surface area contributed by atoms with Crippen molar-refractivity contribution in [3.8, 4) is 11.1 Å². The van der Waals surface area contributed by atoms with Crippen molar-refractivity contribution in [3.63, 3.8) is 0 Å². The number of nitrogens with two attached hydrogens (primary N) is 1. The van der Waals surface area contributed by atoms with E-state index in [0.29, 0.717) is 0 Å². The van der Waals surface area contributed by atoms with Gasteiger partial charge in [0.2, 0.25) is 5.91 Å². The Balaban J connectivity index is 1.67. The largest absolute Gasteiger partial charge is 0.348 e. The molecule has 1 aliphatic rings. The molecule has 1 aromatic heterocycles. The van der Waals surface area contributed by atoms with Gasteiger partial charge in [-0.1, -0.05) is 43.5 Å². The molecular weight excluding hydrogens is 298 g/mol. The summed E-state index contributed by atoms with van der Waals surface area (Å²) in [6.07, 6.45) is 8.41. The van der Waals surface area contributed by atoms with Crippen LogP contribution in [-0.4, -0.2) is 16.4 Å². The summed E-state index contributed by atoms with van der Waals surface area (Å²) in [5, 5.41) is 3.09. The van der Waals surface area contributed by atoms with Crippen LogP contribution in [0.15, 0.2) is 48.8 Å². The average molecular weight is 323 g/mol. The second-order valence-corrected chi connectivity index (χ2v) is 6.77. The van der Waals surface area contributed by atoms with Gasteiger partial charge in [0.15, 0.2) is 0 Å². The van der Waals surface area contributed by atoms with Gasteiger partial charge in [-0.2, -0.15) is 0 Å². The van der Waals surface area contributed by atoms with Crippen molar-refractivity contribution < 1.29 is 4.79 Å². The van der Waals surface area contributed by atoms with Crippen LogP contribution >= 0.6 is 0 Å². The minimum absolute atomic E-state index is 0.0205. The monoisotopic (exact) mass is 323 g/mol. The Morgan fingerprint density at radius 2 is 1.62 bits per heavy atom. The van der Waals surface area contributed by atoms with Crippen molar-refractivity contribution in [3.05, 3.63) is 54.4 Å². The van der Waals surface area contributed by atoms with E-state index in [2.05, 4.69) is 34.6 Å². The molecule has 1 aromatic carbocycles. The zero-order valence-electron chi connectivity index (χ0n) is 14.2. The Morgan fingerprint density at radius 3 is 2.25 bits per heavy atom. The summed E-state index contributed by atoms with van der Waals surface area (Å²) in [6, 6.07) is 12.2. The van der Waals surface area contributed by atoms with Crippen molar-refractivity contribution in [2.75, 3.05) is 0 Å². The number of hydrogen-bond donors (Lipinski definition) is 2. The van der Waals surface area contributed by atoms with Gasteiger partial charge >= 0.3 is 0 Å². The molecule has 2 aromatic rings. The number of aromatic nitrogens is 1. The van der Waals surface area contributed by atoms with Gasteiger partial charge in [0.05, 0.1) is 11.6 Å². The van der Waals surface area contributed by atoms with E-state index in [1.54, 1.807) is 12.4 Å². The van der Waals surface area contributed by atoms with Crippen LogP contribution in [0.3, 0.4) is 0 Å². The predicted molar refractivity (Wildman–Crippen MR) is 96.2 cm³/mol. The number of carbonyl (C=O) groups excluding carboxylic acids is 1. The molecule has 1 saturated carbocycles. The van der Waals surface area contributed by atoms with Gasteiger partial charge in [0.25, 0.3) is 0 Å². The molecule has 0 saturated heterocycles. The zero-order chi connectivity index (χ0) is 17.0. The fourth-order valence-corrected chi connectivity index (χ4v) is 3.34. The fraction of sp³-hybridized carbons (Fsp3) is 0.400. The summed E-state index contributed by atoms with van der Waals surface area (Å²) < 4.78 is 0. The lowest BCUT2D eigenvalue weighted by atomic mass is 9.81. The molecule has 1 amide bonds. The third-order valence-corrected chi connectivity index (χ3v) is 4.97. The molecule has 4 heteroatoms. The molecule has 1 fully saturated rings. The van der Waals surface area contributed by atoms with Gasteiger partial charge in [0, 0.05) is 12.4 Å². The zero-order valence-corrected chi connectivity index (χ0v) is 14.2. The lowest BCUT2D eigenvalue weighted by Crippen LogP contribution is -2.55. The van der Waals surface area contributed by atoms with E-state index in [1.165, 1.54) is 6.42 Å². The number of nitrogens with zero attached hydrogens (tertiary/aromatic N) is 1. The number of carbonyl (C=O) groups is 1. The van der Waals surface area contributed by atoms with Gasteiger partial charge in [-0.15, -0.1) is 0 Å². The van der Waals surface area contributed by atoms with Crippen molar-refractivity contribution in [1.29, 1.82) is 0 Å². The van der Waals surface area contributed by atoms with Gasteiger partial charge in [-0.3, -0.25) is 9.78 Å². The molecule has 24 heavy (non-hydrogen) atoms. The molecule has 1 heterocycles. The normalized spacial score (nSPS) is 17.9. The van der Waals surface area contributed by atoms with Crippen LogP contribution < -0.4 is 11.1 Å². The van der Waals surface area contributed by atoms with Crippen molar-refractivity contribution >= 4 is 5.91 Å².